The molecule has 0 aliphatic carbocycles. The van der Waals surface area contributed by atoms with Crippen LogP contribution in [0.3, 0.4) is 0 Å². The summed E-state index contributed by atoms with van der Waals surface area (Å²) in [5, 5.41) is 13.9. The van der Waals surface area contributed by atoms with Crippen LogP contribution in [0.5, 0.6) is 6.01 Å². The van der Waals surface area contributed by atoms with Crippen molar-refractivity contribution in [2.45, 2.75) is 56.3 Å². The molecule has 0 spiro atoms. The fourth-order valence-electron chi connectivity index (χ4n) is 7.06. The number of pyridine rings is 1. The number of ether oxygens (including phenoxy) is 2. The molecule has 3 aromatic heterocycles. The standard InChI is InChI=1S/C32H35ClF2N8O4/c1-31(7-8-36-16-31)41-30(45)46-10-3-2-5-19-22(33)11-23-20(14-38-42-23)24(19)27-25(35)26-21(13-37-27)28(44)40-29(39-26)47-17-32-6-4-9-43(32)15-18(34)12-32/h2,5,11,13-14,18,36H,3-4,6-10,12,15-17H2,1H3,(H,38,42)(H,41,45)(H,39,40,44)/b5-2-/t18-,31-,32+/m1/s1. The van der Waals surface area contributed by atoms with E-state index in [2.05, 4.69) is 40.7 Å². The highest BCUT2D eigenvalue weighted by molar-refractivity contribution is 6.33. The van der Waals surface area contributed by atoms with Crippen molar-refractivity contribution in [1.82, 2.24) is 40.7 Å². The summed E-state index contributed by atoms with van der Waals surface area (Å²) in [5.41, 5.74) is -0.354. The molecule has 248 valence electrons. The summed E-state index contributed by atoms with van der Waals surface area (Å²) in [6, 6.07) is 1.53. The van der Waals surface area contributed by atoms with Crippen molar-refractivity contribution in [3.05, 3.63) is 51.3 Å². The molecule has 6 heterocycles. The van der Waals surface area contributed by atoms with E-state index >= 15 is 4.39 Å². The Morgan fingerprint density at radius 3 is 3.00 bits per heavy atom. The predicted octanol–water partition coefficient (Wildman–Crippen LogP) is 4.49. The van der Waals surface area contributed by atoms with E-state index < -0.39 is 29.2 Å². The Morgan fingerprint density at radius 2 is 2.17 bits per heavy atom. The van der Waals surface area contributed by atoms with Gasteiger partial charge in [0.1, 0.15) is 24.0 Å². The lowest BCUT2D eigenvalue weighted by Gasteiger charge is -2.30. The second-order valence-electron chi connectivity index (χ2n) is 12.8. The van der Waals surface area contributed by atoms with Gasteiger partial charge in [0.05, 0.1) is 39.8 Å². The van der Waals surface area contributed by atoms with Crippen LogP contribution < -0.4 is 20.9 Å². The Hall–Kier alpha value is -4.14. The normalized spacial score (nSPS) is 24.5. The molecular formula is C32H35ClF2N8O4. The number of aromatic amines is 2. The molecule has 15 heteroatoms. The van der Waals surface area contributed by atoms with Gasteiger partial charge in [-0.3, -0.25) is 24.8 Å². The minimum Gasteiger partial charge on any atom is -0.463 e. The summed E-state index contributed by atoms with van der Waals surface area (Å²) in [7, 11) is 0. The van der Waals surface area contributed by atoms with Crippen LogP contribution in [0.25, 0.3) is 39.1 Å². The number of amides is 1. The van der Waals surface area contributed by atoms with Gasteiger partial charge >= 0.3 is 6.09 Å². The zero-order valence-electron chi connectivity index (χ0n) is 25.8. The number of alkyl halides is 1. The monoisotopic (exact) mass is 668 g/mol. The van der Waals surface area contributed by atoms with Gasteiger partial charge in [0.2, 0.25) is 0 Å². The first kappa shape index (κ1) is 31.5. The molecule has 1 amide bonds. The first-order valence-electron chi connectivity index (χ1n) is 15.7. The third-order valence-corrected chi connectivity index (χ3v) is 9.77. The Kier molecular flexibility index (Phi) is 8.35. The topological polar surface area (TPSA) is 150 Å². The van der Waals surface area contributed by atoms with Crippen LogP contribution in [0, 0.1) is 5.82 Å². The molecule has 3 aliphatic heterocycles. The predicted molar refractivity (Wildman–Crippen MR) is 173 cm³/mol. The highest BCUT2D eigenvalue weighted by Gasteiger charge is 2.49. The molecule has 3 atom stereocenters. The lowest BCUT2D eigenvalue weighted by Crippen LogP contribution is -2.47. The van der Waals surface area contributed by atoms with Crippen molar-refractivity contribution in [3.8, 4) is 17.3 Å². The van der Waals surface area contributed by atoms with E-state index in [1.54, 1.807) is 24.4 Å². The van der Waals surface area contributed by atoms with E-state index in [1.807, 2.05) is 6.92 Å². The number of benzene rings is 1. The number of fused-ring (bicyclic) bond motifs is 3. The number of hydrogen-bond acceptors (Lipinski definition) is 9. The molecule has 47 heavy (non-hydrogen) atoms. The summed E-state index contributed by atoms with van der Waals surface area (Å²) in [4.78, 5) is 38.6. The largest absolute Gasteiger partial charge is 0.463 e. The number of H-pyrrole nitrogens is 2. The highest BCUT2D eigenvalue weighted by Crippen LogP contribution is 2.41. The van der Waals surface area contributed by atoms with Crippen LogP contribution in [-0.4, -0.2) is 92.8 Å². The average Bonchev–Trinajstić information content (AvgIpc) is 3.81. The molecule has 3 saturated heterocycles. The second-order valence-corrected chi connectivity index (χ2v) is 13.2. The summed E-state index contributed by atoms with van der Waals surface area (Å²) in [6.45, 7) is 4.86. The molecule has 3 aliphatic rings. The molecular weight excluding hydrogens is 634 g/mol. The number of hydrogen-bond donors (Lipinski definition) is 4. The van der Waals surface area contributed by atoms with Gasteiger partial charge in [-0.15, -0.1) is 0 Å². The average molecular weight is 669 g/mol. The maximum Gasteiger partial charge on any atom is 0.407 e. The number of aromatic nitrogens is 5. The third kappa shape index (κ3) is 6.05. The first-order valence-corrected chi connectivity index (χ1v) is 16.1. The molecule has 1 aromatic carbocycles. The number of nitrogens with zero attached hydrogens (tertiary/aromatic N) is 4. The van der Waals surface area contributed by atoms with Crippen molar-refractivity contribution in [2.75, 3.05) is 39.4 Å². The Balaban J connectivity index is 1.16. The summed E-state index contributed by atoms with van der Waals surface area (Å²) < 4.78 is 42.0. The smallest absolute Gasteiger partial charge is 0.407 e. The third-order valence-electron chi connectivity index (χ3n) is 9.46. The number of halogens is 3. The van der Waals surface area contributed by atoms with Crippen LogP contribution in [0.1, 0.15) is 44.6 Å². The molecule has 4 N–H and O–H groups in total. The summed E-state index contributed by atoms with van der Waals surface area (Å²) in [5.74, 6) is -0.835. The number of rotatable bonds is 9. The van der Waals surface area contributed by atoms with Gasteiger partial charge in [-0.05, 0) is 51.8 Å². The number of carbonyl (C=O) groups is 1. The van der Waals surface area contributed by atoms with Crippen LogP contribution in [0.2, 0.25) is 5.02 Å². The molecule has 0 radical (unpaired) electrons. The Labute approximate surface area is 273 Å². The zero-order valence-corrected chi connectivity index (χ0v) is 26.6. The van der Waals surface area contributed by atoms with E-state index in [0.29, 0.717) is 53.0 Å². The lowest BCUT2D eigenvalue weighted by atomic mass is 9.95. The Morgan fingerprint density at radius 1 is 1.30 bits per heavy atom. The molecule has 0 saturated carbocycles. The van der Waals surface area contributed by atoms with Crippen molar-refractivity contribution in [2.24, 2.45) is 0 Å². The van der Waals surface area contributed by atoms with Crippen molar-refractivity contribution >= 4 is 45.6 Å². The van der Waals surface area contributed by atoms with Crippen molar-refractivity contribution in [1.29, 1.82) is 0 Å². The second kappa shape index (κ2) is 12.5. The lowest BCUT2D eigenvalue weighted by molar-refractivity contribution is 0.107. The maximum atomic E-state index is 16.4. The summed E-state index contributed by atoms with van der Waals surface area (Å²) in [6.07, 6.45) is 8.09. The van der Waals surface area contributed by atoms with Crippen LogP contribution >= 0.6 is 11.6 Å². The van der Waals surface area contributed by atoms with Gasteiger partial charge in [-0.1, -0.05) is 23.8 Å². The SMILES string of the molecule is C[C@@]1(NC(=O)OCC/C=C\c2c(Cl)cc3[nH]ncc3c2-c2ncc3c(=O)[nH]c(OC[C@@]45CCCN4C[C@H](F)C5)nc3c2F)CCNC1. The molecule has 4 aromatic rings. The fourth-order valence-corrected chi connectivity index (χ4v) is 7.33. The van der Waals surface area contributed by atoms with Crippen LogP contribution in [0.15, 0.2) is 29.3 Å². The van der Waals surface area contributed by atoms with Crippen LogP contribution in [0.4, 0.5) is 13.6 Å². The Bertz CT molecular complexity index is 1930. The maximum absolute atomic E-state index is 16.4. The van der Waals surface area contributed by atoms with Crippen LogP contribution in [-0.2, 0) is 4.74 Å². The first-order chi connectivity index (χ1) is 22.6. The molecule has 0 bridgehead atoms. The minimum atomic E-state index is -0.941. The van der Waals surface area contributed by atoms with Crippen molar-refractivity contribution < 1.29 is 23.0 Å². The fraction of sp³-hybridized carbons (Fsp3) is 0.469. The van der Waals surface area contributed by atoms with E-state index in [-0.39, 0.29) is 41.4 Å². The van der Waals surface area contributed by atoms with E-state index in [9.17, 15) is 14.0 Å². The molecule has 12 nitrogen and oxygen atoms in total. The zero-order chi connectivity index (χ0) is 32.8. The van der Waals surface area contributed by atoms with Gasteiger partial charge in [0.25, 0.3) is 11.6 Å². The summed E-state index contributed by atoms with van der Waals surface area (Å²) >= 11 is 6.70. The van der Waals surface area contributed by atoms with Gasteiger partial charge in [-0.25, -0.2) is 13.6 Å². The number of nitrogens with one attached hydrogen (secondary N) is 4. The van der Waals surface area contributed by atoms with E-state index in [0.717, 1.165) is 32.4 Å². The molecule has 7 rings (SSSR count). The quantitative estimate of drug-likeness (QED) is 0.189. The van der Waals surface area contributed by atoms with Gasteiger partial charge in [0.15, 0.2) is 5.82 Å². The molecule has 3 fully saturated rings. The van der Waals surface area contributed by atoms with Gasteiger partial charge in [-0.2, -0.15) is 10.1 Å². The number of alkyl carbamates (subject to hydrolysis) is 1. The van der Waals surface area contributed by atoms with E-state index in [1.165, 1.54) is 6.20 Å². The van der Waals surface area contributed by atoms with Crippen molar-refractivity contribution in [3.63, 3.8) is 0 Å². The highest BCUT2D eigenvalue weighted by atomic mass is 35.5. The van der Waals surface area contributed by atoms with Gasteiger partial charge in [0, 0.05) is 42.2 Å². The minimum absolute atomic E-state index is 0.0517. The molecule has 0 unspecified atom stereocenters. The van der Waals surface area contributed by atoms with E-state index in [4.69, 9.17) is 21.1 Å². The number of carbonyl (C=O) groups excluding carboxylic acids is 1. The van der Waals surface area contributed by atoms with Gasteiger partial charge < -0.3 is 20.1 Å².